The number of nitrogen functional groups attached to an aromatic ring is 2. The fraction of sp³-hybridized carbons (Fsp3) is 0. The topological polar surface area (TPSA) is 128 Å². The van der Waals surface area contributed by atoms with E-state index in [4.69, 9.17) is 11.5 Å². The van der Waals surface area contributed by atoms with Crippen molar-refractivity contribution >= 4 is 30.0 Å². The maximum atomic E-state index is 13.2. The Bertz CT molecular complexity index is 1300. The lowest BCUT2D eigenvalue weighted by molar-refractivity contribution is 0.0696. The molecule has 0 atom stereocenters. The van der Waals surface area contributed by atoms with Gasteiger partial charge in [0.2, 0.25) is 11.9 Å². The molecule has 0 amide bonds. The summed E-state index contributed by atoms with van der Waals surface area (Å²) < 4.78 is 13.2. The molecule has 5 N–H and O–H groups in total. The van der Waals surface area contributed by atoms with Gasteiger partial charge in [-0.3, -0.25) is 0 Å². The van der Waals surface area contributed by atoms with Crippen LogP contribution in [0.2, 0.25) is 0 Å². The molecule has 0 saturated heterocycles. The van der Waals surface area contributed by atoms with Gasteiger partial charge in [-0.2, -0.15) is 15.0 Å². The molecule has 0 fully saturated rings. The highest BCUT2D eigenvalue weighted by molar-refractivity contribution is 5.94. The Balaban J connectivity index is 1.63. The summed E-state index contributed by atoms with van der Waals surface area (Å²) in [7, 11) is 0. The van der Waals surface area contributed by atoms with Crippen LogP contribution in [0, 0.1) is 5.82 Å². The molecule has 4 rings (SSSR count). The smallest absolute Gasteiger partial charge is 0.336 e. The molecule has 0 saturated carbocycles. The lowest BCUT2D eigenvalue weighted by Crippen LogP contribution is -2.04. The van der Waals surface area contributed by atoms with E-state index in [0.717, 1.165) is 16.7 Å². The van der Waals surface area contributed by atoms with Crippen LogP contribution >= 0.6 is 0 Å². The Hall–Kier alpha value is -4.59. The van der Waals surface area contributed by atoms with Crippen molar-refractivity contribution in [3.63, 3.8) is 0 Å². The van der Waals surface area contributed by atoms with Crippen LogP contribution < -0.4 is 11.5 Å². The molecule has 32 heavy (non-hydrogen) atoms. The van der Waals surface area contributed by atoms with Gasteiger partial charge in [0.15, 0.2) is 5.82 Å². The van der Waals surface area contributed by atoms with E-state index in [0.29, 0.717) is 17.0 Å². The van der Waals surface area contributed by atoms with E-state index < -0.39 is 5.97 Å². The number of anilines is 2. The SMILES string of the molecule is Nc1nc(N)nc(-c2ccc(/C=C/c3cc(-c4ccc(F)cc4)ccc3C(=O)O)cc2)n1. The highest BCUT2D eigenvalue weighted by Gasteiger charge is 2.10. The van der Waals surface area contributed by atoms with Crippen LogP contribution in [0.1, 0.15) is 21.5 Å². The molecule has 0 unspecified atom stereocenters. The zero-order valence-electron chi connectivity index (χ0n) is 16.7. The van der Waals surface area contributed by atoms with Gasteiger partial charge >= 0.3 is 5.97 Å². The third-order valence-corrected chi connectivity index (χ3v) is 4.75. The molecule has 3 aromatic carbocycles. The first-order valence-corrected chi connectivity index (χ1v) is 9.58. The van der Waals surface area contributed by atoms with Crippen LogP contribution in [0.15, 0.2) is 66.7 Å². The molecule has 7 nitrogen and oxygen atoms in total. The monoisotopic (exact) mass is 427 g/mol. The lowest BCUT2D eigenvalue weighted by atomic mass is 9.98. The van der Waals surface area contributed by atoms with Crippen LogP contribution in [0.25, 0.3) is 34.7 Å². The van der Waals surface area contributed by atoms with Crippen LogP contribution in [0.5, 0.6) is 0 Å². The Kier molecular flexibility index (Phi) is 5.59. The van der Waals surface area contributed by atoms with Crippen molar-refractivity contribution < 1.29 is 14.3 Å². The largest absolute Gasteiger partial charge is 0.478 e. The van der Waals surface area contributed by atoms with Gasteiger partial charge in [0, 0.05) is 5.56 Å². The average Bonchev–Trinajstić information content (AvgIpc) is 2.77. The Morgan fingerprint density at radius 2 is 1.38 bits per heavy atom. The second-order valence-electron chi connectivity index (χ2n) is 6.94. The molecule has 1 aromatic heterocycles. The fourth-order valence-electron chi connectivity index (χ4n) is 3.19. The van der Waals surface area contributed by atoms with Gasteiger partial charge in [-0.15, -0.1) is 0 Å². The Morgan fingerprint density at radius 3 is 2.00 bits per heavy atom. The highest BCUT2D eigenvalue weighted by Crippen LogP contribution is 2.25. The van der Waals surface area contributed by atoms with Crippen molar-refractivity contribution in [1.29, 1.82) is 0 Å². The summed E-state index contributed by atoms with van der Waals surface area (Å²) in [4.78, 5) is 23.6. The molecule has 1 heterocycles. The number of aromatic carboxylic acids is 1. The minimum atomic E-state index is -1.03. The number of benzene rings is 3. The van der Waals surface area contributed by atoms with E-state index in [2.05, 4.69) is 15.0 Å². The molecule has 0 aliphatic carbocycles. The number of nitrogens with two attached hydrogens (primary N) is 2. The maximum absolute atomic E-state index is 13.2. The standard InChI is InChI=1S/C24H18FN5O2/c25-19-10-7-15(8-11-19)17-9-12-20(22(31)32)18(13-17)6-3-14-1-4-16(5-2-14)21-28-23(26)30-24(27)29-21/h1-13H,(H,31,32)(H4,26,27,28,29,30)/b6-3+. The van der Waals surface area contributed by atoms with Crippen LogP contribution in [-0.4, -0.2) is 26.0 Å². The number of rotatable bonds is 5. The molecule has 0 aliphatic heterocycles. The molecule has 4 aromatic rings. The van der Waals surface area contributed by atoms with Crippen LogP contribution in [-0.2, 0) is 0 Å². The maximum Gasteiger partial charge on any atom is 0.336 e. The van der Waals surface area contributed by atoms with Crippen molar-refractivity contribution in [2.75, 3.05) is 11.5 Å². The molecule has 0 radical (unpaired) electrons. The van der Waals surface area contributed by atoms with Crippen molar-refractivity contribution in [2.45, 2.75) is 0 Å². The summed E-state index contributed by atoms with van der Waals surface area (Å²) in [6.07, 6.45) is 3.53. The zero-order chi connectivity index (χ0) is 22.7. The van der Waals surface area contributed by atoms with Gasteiger partial charge in [-0.1, -0.05) is 54.6 Å². The number of hydrogen-bond donors (Lipinski definition) is 3. The summed E-state index contributed by atoms with van der Waals surface area (Å²) in [5.41, 5.74) is 15.1. The minimum Gasteiger partial charge on any atom is -0.478 e. The van der Waals surface area contributed by atoms with Crippen LogP contribution in [0.4, 0.5) is 16.3 Å². The predicted octanol–water partition coefficient (Wildman–Crippen LogP) is 4.38. The van der Waals surface area contributed by atoms with Crippen LogP contribution in [0.3, 0.4) is 0 Å². The first-order valence-electron chi connectivity index (χ1n) is 9.58. The Labute approximate surface area is 182 Å². The normalized spacial score (nSPS) is 11.0. The summed E-state index contributed by atoms with van der Waals surface area (Å²) in [6, 6.07) is 18.3. The second-order valence-corrected chi connectivity index (χ2v) is 6.94. The average molecular weight is 427 g/mol. The van der Waals surface area contributed by atoms with Crippen molar-refractivity contribution in [3.8, 4) is 22.5 Å². The number of hydrogen-bond acceptors (Lipinski definition) is 6. The quantitative estimate of drug-likeness (QED) is 0.403. The van der Waals surface area contributed by atoms with Gasteiger partial charge in [0.25, 0.3) is 0 Å². The first-order chi connectivity index (χ1) is 15.4. The molecule has 8 heteroatoms. The third kappa shape index (κ3) is 4.59. The van der Waals surface area contributed by atoms with E-state index >= 15 is 0 Å². The van der Waals surface area contributed by atoms with Crippen molar-refractivity contribution in [1.82, 2.24) is 15.0 Å². The van der Waals surface area contributed by atoms with E-state index in [1.165, 1.54) is 12.1 Å². The molecule has 0 spiro atoms. The third-order valence-electron chi connectivity index (χ3n) is 4.75. The van der Waals surface area contributed by atoms with Gasteiger partial charge in [0.1, 0.15) is 5.82 Å². The van der Waals surface area contributed by atoms with Crippen molar-refractivity contribution in [3.05, 3.63) is 89.2 Å². The molecule has 0 aliphatic rings. The fourth-order valence-corrected chi connectivity index (χ4v) is 3.19. The predicted molar refractivity (Wildman–Crippen MR) is 122 cm³/mol. The summed E-state index contributed by atoms with van der Waals surface area (Å²) >= 11 is 0. The van der Waals surface area contributed by atoms with Gasteiger partial charge in [-0.05, 0) is 46.5 Å². The number of aromatic nitrogens is 3. The number of halogens is 1. The Morgan fingerprint density at radius 1 is 0.781 bits per heavy atom. The number of carboxylic acid groups (broad SMARTS) is 1. The zero-order valence-corrected chi connectivity index (χ0v) is 16.7. The first kappa shape index (κ1) is 20.7. The summed E-state index contributed by atoms with van der Waals surface area (Å²) in [5.74, 6) is -0.916. The van der Waals surface area contributed by atoms with E-state index in [1.807, 2.05) is 12.1 Å². The summed E-state index contributed by atoms with van der Waals surface area (Å²) in [5, 5.41) is 9.55. The number of nitrogens with zero attached hydrogens (tertiary/aromatic N) is 3. The van der Waals surface area contributed by atoms with E-state index in [1.54, 1.807) is 54.6 Å². The highest BCUT2D eigenvalue weighted by atomic mass is 19.1. The minimum absolute atomic E-state index is 0.0405. The number of carbonyl (C=O) groups is 1. The van der Waals surface area contributed by atoms with Gasteiger partial charge < -0.3 is 16.6 Å². The van der Waals surface area contributed by atoms with Gasteiger partial charge in [0.05, 0.1) is 5.56 Å². The lowest BCUT2D eigenvalue weighted by Gasteiger charge is -2.07. The number of carboxylic acids is 1. The van der Waals surface area contributed by atoms with Crippen molar-refractivity contribution in [2.24, 2.45) is 0 Å². The van der Waals surface area contributed by atoms with E-state index in [-0.39, 0.29) is 23.3 Å². The van der Waals surface area contributed by atoms with E-state index in [9.17, 15) is 14.3 Å². The summed E-state index contributed by atoms with van der Waals surface area (Å²) in [6.45, 7) is 0. The van der Waals surface area contributed by atoms with Gasteiger partial charge in [-0.25, -0.2) is 9.18 Å². The molecular weight excluding hydrogens is 409 g/mol. The second kappa shape index (κ2) is 8.65. The molecular formula is C24H18FN5O2. The molecule has 0 bridgehead atoms. The molecule has 158 valence electrons.